The van der Waals surface area contributed by atoms with Crippen LogP contribution in [-0.2, 0) is 11.2 Å². The highest BCUT2D eigenvalue weighted by atomic mass is 16.5. The third-order valence-electron chi connectivity index (χ3n) is 4.80. The van der Waals surface area contributed by atoms with Crippen molar-refractivity contribution in [2.45, 2.75) is 24.7 Å². The van der Waals surface area contributed by atoms with Crippen LogP contribution >= 0.6 is 0 Å². The second-order valence-corrected chi connectivity index (χ2v) is 6.42. The molecule has 1 fully saturated rings. The van der Waals surface area contributed by atoms with Gasteiger partial charge in [0.05, 0.1) is 25.4 Å². The van der Waals surface area contributed by atoms with Gasteiger partial charge in [-0.2, -0.15) is 0 Å². The molecule has 0 bridgehead atoms. The van der Waals surface area contributed by atoms with E-state index in [1.54, 1.807) is 0 Å². The molecule has 2 N–H and O–H groups in total. The molecule has 1 aromatic carbocycles. The molecule has 1 heterocycles. The maximum Gasteiger partial charge on any atom is 0.0950 e. The van der Waals surface area contributed by atoms with Gasteiger partial charge in [-0.25, -0.2) is 0 Å². The first-order valence-corrected chi connectivity index (χ1v) is 8.09. The largest absolute Gasteiger partial charge is 0.390 e. The van der Waals surface area contributed by atoms with Crippen molar-refractivity contribution in [3.8, 4) is 0 Å². The van der Waals surface area contributed by atoms with Gasteiger partial charge in [0.25, 0.3) is 0 Å². The molecule has 0 saturated carbocycles. The predicted molar refractivity (Wildman–Crippen MR) is 84.8 cm³/mol. The predicted octanol–water partition coefficient (Wildman–Crippen LogP) is 0.270. The van der Waals surface area contributed by atoms with Crippen molar-refractivity contribution in [3.05, 3.63) is 35.4 Å². The molecule has 0 spiro atoms. The first-order valence-electron chi connectivity index (χ1n) is 8.09. The summed E-state index contributed by atoms with van der Waals surface area (Å²) in [6, 6.07) is 8.12. The number of rotatable bonds is 5. The Morgan fingerprint density at radius 2 is 2.05 bits per heavy atom. The lowest BCUT2D eigenvalue weighted by Gasteiger charge is -2.32. The SMILES string of the molecule is CN(CC(O)CN1CCOCC1)C1Cc2ccccc2C1O. The number of nitrogens with zero attached hydrogens (tertiary/aromatic N) is 2. The van der Waals surface area contributed by atoms with Crippen LogP contribution in [0.1, 0.15) is 17.2 Å². The van der Waals surface area contributed by atoms with E-state index < -0.39 is 12.2 Å². The molecule has 1 aliphatic carbocycles. The van der Waals surface area contributed by atoms with Gasteiger partial charge in [0.1, 0.15) is 0 Å². The molecule has 0 radical (unpaired) electrons. The van der Waals surface area contributed by atoms with Crippen molar-refractivity contribution < 1.29 is 14.9 Å². The van der Waals surface area contributed by atoms with E-state index in [0.29, 0.717) is 13.1 Å². The summed E-state index contributed by atoms with van der Waals surface area (Å²) >= 11 is 0. The summed E-state index contributed by atoms with van der Waals surface area (Å²) in [6.07, 6.45) is -0.0196. The topological polar surface area (TPSA) is 56.2 Å². The van der Waals surface area contributed by atoms with E-state index in [1.807, 2.05) is 25.2 Å². The van der Waals surface area contributed by atoms with Gasteiger partial charge in [-0.1, -0.05) is 24.3 Å². The molecule has 122 valence electrons. The number of aliphatic hydroxyl groups excluding tert-OH is 2. The molecule has 1 saturated heterocycles. The average molecular weight is 306 g/mol. The Morgan fingerprint density at radius 3 is 2.77 bits per heavy atom. The zero-order valence-corrected chi connectivity index (χ0v) is 13.2. The summed E-state index contributed by atoms with van der Waals surface area (Å²) in [6.45, 7) is 4.52. The standard InChI is InChI=1S/C17H26N2O3/c1-18(11-14(20)12-19-6-8-22-9-7-19)16-10-13-4-2-3-5-15(13)17(16)21/h2-5,14,16-17,20-21H,6-12H2,1H3. The number of hydrogen-bond acceptors (Lipinski definition) is 5. The Bertz CT molecular complexity index is 491. The van der Waals surface area contributed by atoms with E-state index in [2.05, 4.69) is 15.9 Å². The second-order valence-electron chi connectivity index (χ2n) is 6.42. The number of aliphatic hydroxyl groups is 2. The highest BCUT2D eigenvalue weighted by molar-refractivity contribution is 5.35. The van der Waals surface area contributed by atoms with Crippen molar-refractivity contribution >= 4 is 0 Å². The lowest BCUT2D eigenvalue weighted by Crippen LogP contribution is -2.46. The van der Waals surface area contributed by atoms with E-state index in [9.17, 15) is 10.2 Å². The zero-order valence-electron chi connectivity index (χ0n) is 13.2. The van der Waals surface area contributed by atoms with Crippen LogP contribution in [0.4, 0.5) is 0 Å². The lowest BCUT2D eigenvalue weighted by atomic mass is 10.1. The molecule has 3 unspecified atom stereocenters. The van der Waals surface area contributed by atoms with Crippen molar-refractivity contribution in [1.29, 1.82) is 0 Å². The van der Waals surface area contributed by atoms with Crippen LogP contribution in [0.5, 0.6) is 0 Å². The van der Waals surface area contributed by atoms with Gasteiger partial charge in [-0.05, 0) is 24.6 Å². The minimum Gasteiger partial charge on any atom is -0.390 e. The first-order chi connectivity index (χ1) is 10.6. The smallest absolute Gasteiger partial charge is 0.0950 e. The summed E-state index contributed by atoms with van der Waals surface area (Å²) in [5, 5.41) is 20.8. The molecule has 0 aromatic heterocycles. The summed E-state index contributed by atoms with van der Waals surface area (Å²) in [4.78, 5) is 4.33. The van der Waals surface area contributed by atoms with E-state index in [4.69, 9.17) is 4.74 Å². The fourth-order valence-electron chi connectivity index (χ4n) is 3.56. The molecule has 3 rings (SSSR count). The van der Waals surface area contributed by atoms with Crippen LogP contribution in [0.3, 0.4) is 0 Å². The van der Waals surface area contributed by atoms with Crippen LogP contribution in [0.2, 0.25) is 0 Å². The molecule has 1 aromatic rings. The number of benzene rings is 1. The van der Waals surface area contributed by atoms with Gasteiger partial charge < -0.3 is 14.9 Å². The van der Waals surface area contributed by atoms with Crippen molar-refractivity contribution in [2.75, 3.05) is 46.4 Å². The summed E-state index contributed by atoms with van der Waals surface area (Å²) < 4.78 is 5.33. The maximum absolute atomic E-state index is 10.5. The van der Waals surface area contributed by atoms with E-state index in [0.717, 1.165) is 38.3 Å². The van der Waals surface area contributed by atoms with Crippen LogP contribution in [-0.4, -0.2) is 78.6 Å². The van der Waals surface area contributed by atoms with Crippen LogP contribution < -0.4 is 0 Å². The van der Waals surface area contributed by atoms with E-state index in [-0.39, 0.29) is 6.04 Å². The van der Waals surface area contributed by atoms with Gasteiger partial charge >= 0.3 is 0 Å². The highest BCUT2D eigenvalue weighted by Crippen LogP contribution is 2.33. The van der Waals surface area contributed by atoms with Gasteiger partial charge in [-0.3, -0.25) is 9.80 Å². The Balaban J connectivity index is 1.53. The molecule has 2 aliphatic rings. The lowest BCUT2D eigenvalue weighted by molar-refractivity contribution is -0.00216. The second kappa shape index (κ2) is 7.06. The highest BCUT2D eigenvalue weighted by Gasteiger charge is 2.34. The third kappa shape index (κ3) is 3.50. The van der Waals surface area contributed by atoms with Crippen LogP contribution in [0.15, 0.2) is 24.3 Å². The quantitative estimate of drug-likeness (QED) is 0.818. The van der Waals surface area contributed by atoms with Gasteiger partial charge in [-0.15, -0.1) is 0 Å². The van der Waals surface area contributed by atoms with Gasteiger partial charge in [0.15, 0.2) is 0 Å². The number of morpholine rings is 1. The van der Waals surface area contributed by atoms with Gasteiger partial charge in [0, 0.05) is 32.2 Å². The maximum atomic E-state index is 10.5. The Kier molecular flexibility index (Phi) is 5.10. The summed E-state index contributed by atoms with van der Waals surface area (Å²) in [5.74, 6) is 0. The van der Waals surface area contributed by atoms with Crippen molar-refractivity contribution in [3.63, 3.8) is 0 Å². The number of fused-ring (bicyclic) bond motifs is 1. The van der Waals surface area contributed by atoms with E-state index >= 15 is 0 Å². The van der Waals surface area contributed by atoms with Crippen LogP contribution in [0.25, 0.3) is 0 Å². The Morgan fingerprint density at radius 1 is 1.32 bits per heavy atom. The zero-order chi connectivity index (χ0) is 15.5. The van der Waals surface area contributed by atoms with E-state index in [1.165, 1.54) is 5.56 Å². The number of β-amino-alcohol motifs (C(OH)–C–C–N with tert-alkyl or cyclic N) is 1. The monoisotopic (exact) mass is 306 g/mol. The number of hydrogen-bond donors (Lipinski definition) is 2. The molecular formula is C17H26N2O3. The van der Waals surface area contributed by atoms with Crippen molar-refractivity contribution in [1.82, 2.24) is 9.80 Å². The number of ether oxygens (including phenoxy) is 1. The molecule has 3 atom stereocenters. The third-order valence-corrected chi connectivity index (χ3v) is 4.80. The fraction of sp³-hybridized carbons (Fsp3) is 0.647. The first kappa shape index (κ1) is 15.9. The Labute approximate surface area is 132 Å². The molecule has 0 amide bonds. The molecular weight excluding hydrogens is 280 g/mol. The Hall–Kier alpha value is -0.980. The average Bonchev–Trinajstić information content (AvgIpc) is 2.86. The molecule has 22 heavy (non-hydrogen) atoms. The normalized spacial score (nSPS) is 27.1. The molecule has 5 nitrogen and oxygen atoms in total. The number of likely N-dealkylation sites (N-methyl/N-ethyl adjacent to an activating group) is 1. The summed E-state index contributed by atoms with van der Waals surface area (Å²) in [5.41, 5.74) is 2.25. The molecule has 1 aliphatic heterocycles. The molecule has 5 heteroatoms. The van der Waals surface area contributed by atoms with Crippen molar-refractivity contribution in [2.24, 2.45) is 0 Å². The minimum absolute atomic E-state index is 0.0525. The summed E-state index contributed by atoms with van der Waals surface area (Å²) in [7, 11) is 1.99. The van der Waals surface area contributed by atoms with Gasteiger partial charge in [0.2, 0.25) is 0 Å². The van der Waals surface area contributed by atoms with Crippen LogP contribution in [0, 0.1) is 0 Å². The fourth-order valence-corrected chi connectivity index (χ4v) is 3.56. The minimum atomic E-state index is -0.461.